The van der Waals surface area contributed by atoms with Gasteiger partial charge in [0, 0.05) is 12.1 Å². The number of nitrogens with one attached hydrogen (secondary N) is 1. The Morgan fingerprint density at radius 3 is 3.00 bits per heavy atom. The maximum absolute atomic E-state index is 11.5. The van der Waals surface area contributed by atoms with Crippen molar-refractivity contribution in [2.75, 3.05) is 6.54 Å². The van der Waals surface area contributed by atoms with E-state index in [4.69, 9.17) is 10.6 Å². The van der Waals surface area contributed by atoms with Crippen molar-refractivity contribution in [3.63, 3.8) is 0 Å². The fraction of sp³-hybridized carbons (Fsp3) is 0.300. The van der Waals surface area contributed by atoms with E-state index in [1.54, 1.807) is 24.3 Å². The molecule has 2 rings (SSSR count). The summed E-state index contributed by atoms with van der Waals surface area (Å²) in [6.45, 7) is 0.0341. The molecule has 1 aromatic rings. The Balaban J connectivity index is 2.41. The van der Waals surface area contributed by atoms with Crippen molar-refractivity contribution in [2.24, 2.45) is 5.73 Å². The summed E-state index contributed by atoms with van der Waals surface area (Å²) < 4.78 is 0. The third-order valence-corrected chi connectivity index (χ3v) is 2.42. The van der Waals surface area contributed by atoms with E-state index in [0.29, 0.717) is 11.3 Å². The van der Waals surface area contributed by atoms with Crippen molar-refractivity contribution in [1.82, 2.24) is 5.48 Å². The van der Waals surface area contributed by atoms with Crippen molar-refractivity contribution >= 4 is 5.91 Å². The van der Waals surface area contributed by atoms with Gasteiger partial charge in [-0.25, -0.2) is 0 Å². The third kappa shape index (κ3) is 1.67. The Morgan fingerprint density at radius 2 is 2.27 bits per heavy atom. The number of carbonyl (C=O) groups excluding carboxylic acids is 1. The average molecular weight is 208 g/mol. The number of benzene rings is 1. The molecule has 5 heteroatoms. The molecule has 0 aliphatic carbocycles. The summed E-state index contributed by atoms with van der Waals surface area (Å²) in [7, 11) is 0. The van der Waals surface area contributed by atoms with Gasteiger partial charge in [-0.2, -0.15) is 5.48 Å². The number of aliphatic hydroxyl groups is 1. The zero-order valence-electron chi connectivity index (χ0n) is 8.01. The molecule has 1 aliphatic heterocycles. The maximum atomic E-state index is 11.5. The quantitative estimate of drug-likeness (QED) is 0.612. The van der Waals surface area contributed by atoms with Gasteiger partial charge in [0.25, 0.3) is 5.91 Å². The minimum Gasteiger partial charge on any atom is -0.391 e. The maximum Gasteiger partial charge on any atom is 0.262 e. The molecule has 1 aliphatic rings. The SMILES string of the molecule is NCC(O)C1C(=O)NOc2ccccc21. The molecule has 2 atom stereocenters. The van der Waals surface area contributed by atoms with Gasteiger partial charge in [-0.3, -0.25) is 4.79 Å². The molecule has 1 amide bonds. The van der Waals surface area contributed by atoms with Crippen molar-refractivity contribution in [3.05, 3.63) is 29.8 Å². The molecule has 15 heavy (non-hydrogen) atoms. The number of amides is 1. The number of hydroxylamine groups is 1. The second-order valence-electron chi connectivity index (χ2n) is 3.39. The van der Waals surface area contributed by atoms with Gasteiger partial charge in [0.2, 0.25) is 0 Å². The number of hydrogen-bond donors (Lipinski definition) is 3. The molecule has 1 aromatic carbocycles. The molecule has 0 bridgehead atoms. The second-order valence-corrected chi connectivity index (χ2v) is 3.39. The fourth-order valence-corrected chi connectivity index (χ4v) is 1.66. The van der Waals surface area contributed by atoms with Gasteiger partial charge >= 0.3 is 0 Å². The van der Waals surface area contributed by atoms with Crippen LogP contribution in [-0.4, -0.2) is 23.7 Å². The Hall–Kier alpha value is -1.59. The predicted molar refractivity (Wildman–Crippen MR) is 53.0 cm³/mol. The summed E-state index contributed by atoms with van der Waals surface area (Å²) in [6, 6.07) is 7.06. The number of nitrogens with two attached hydrogens (primary N) is 1. The lowest BCUT2D eigenvalue weighted by atomic mass is 9.91. The molecule has 4 N–H and O–H groups in total. The lowest BCUT2D eigenvalue weighted by Gasteiger charge is -2.27. The smallest absolute Gasteiger partial charge is 0.262 e. The van der Waals surface area contributed by atoms with E-state index in [1.807, 2.05) is 0 Å². The Kier molecular flexibility index (Phi) is 2.57. The lowest BCUT2D eigenvalue weighted by molar-refractivity contribution is -0.133. The van der Waals surface area contributed by atoms with Crippen LogP contribution in [0.15, 0.2) is 24.3 Å². The standard InChI is InChI=1S/C10H12N2O3/c11-5-7(13)9-6-3-1-2-4-8(6)15-12-10(9)14/h1-4,7,9,13H,5,11H2,(H,12,14). The first-order chi connectivity index (χ1) is 7.24. The summed E-state index contributed by atoms with van der Waals surface area (Å²) in [5.41, 5.74) is 8.27. The van der Waals surface area contributed by atoms with E-state index < -0.39 is 12.0 Å². The molecule has 80 valence electrons. The van der Waals surface area contributed by atoms with Crippen LogP contribution in [0, 0.1) is 0 Å². The van der Waals surface area contributed by atoms with Crippen molar-refractivity contribution in [3.8, 4) is 5.75 Å². The molecule has 2 unspecified atom stereocenters. The van der Waals surface area contributed by atoms with Crippen molar-refractivity contribution in [2.45, 2.75) is 12.0 Å². The topological polar surface area (TPSA) is 84.6 Å². The number of hydrogen-bond acceptors (Lipinski definition) is 4. The molecule has 0 saturated carbocycles. The van der Waals surface area contributed by atoms with Gasteiger partial charge in [-0.05, 0) is 6.07 Å². The second kappa shape index (κ2) is 3.88. The Morgan fingerprint density at radius 1 is 1.53 bits per heavy atom. The zero-order valence-corrected chi connectivity index (χ0v) is 8.01. The van der Waals surface area contributed by atoms with Crippen molar-refractivity contribution < 1.29 is 14.7 Å². The van der Waals surface area contributed by atoms with Gasteiger partial charge in [0.05, 0.1) is 12.0 Å². The van der Waals surface area contributed by atoms with Crippen LogP contribution < -0.4 is 16.1 Å². The summed E-state index contributed by atoms with van der Waals surface area (Å²) >= 11 is 0. The predicted octanol–water partition coefficient (Wildman–Crippen LogP) is -0.487. The highest BCUT2D eigenvalue weighted by Gasteiger charge is 2.34. The highest BCUT2D eigenvalue weighted by Crippen LogP contribution is 2.31. The first kappa shape index (κ1) is 9.95. The largest absolute Gasteiger partial charge is 0.391 e. The molecule has 0 radical (unpaired) electrons. The summed E-state index contributed by atoms with van der Waals surface area (Å²) in [5, 5.41) is 9.66. The van der Waals surface area contributed by atoms with Crippen LogP contribution in [0.1, 0.15) is 11.5 Å². The molecule has 0 fully saturated rings. The van der Waals surface area contributed by atoms with Crippen LogP contribution in [0.3, 0.4) is 0 Å². The number of carbonyl (C=O) groups is 1. The molecule has 5 nitrogen and oxygen atoms in total. The molecule has 0 spiro atoms. The van der Waals surface area contributed by atoms with Gasteiger partial charge in [0.15, 0.2) is 5.75 Å². The minimum atomic E-state index is -0.893. The fourth-order valence-electron chi connectivity index (χ4n) is 1.66. The summed E-state index contributed by atoms with van der Waals surface area (Å²) in [6.07, 6.45) is -0.893. The molecule has 0 saturated heterocycles. The van der Waals surface area contributed by atoms with Gasteiger partial charge in [-0.1, -0.05) is 18.2 Å². The zero-order chi connectivity index (χ0) is 10.8. The highest BCUT2D eigenvalue weighted by molar-refractivity contribution is 5.85. The number of fused-ring (bicyclic) bond motifs is 1. The van der Waals surface area contributed by atoms with Crippen molar-refractivity contribution in [1.29, 1.82) is 0 Å². The van der Waals surface area contributed by atoms with Crippen LogP contribution in [0.5, 0.6) is 5.75 Å². The van der Waals surface area contributed by atoms with Gasteiger partial charge < -0.3 is 15.7 Å². The van der Waals surface area contributed by atoms with E-state index in [9.17, 15) is 9.90 Å². The summed E-state index contributed by atoms with van der Waals surface area (Å²) in [5.74, 6) is -0.471. The van der Waals surface area contributed by atoms with E-state index in [1.165, 1.54) is 0 Å². The number of rotatable bonds is 2. The van der Waals surface area contributed by atoms with Crippen LogP contribution in [0.2, 0.25) is 0 Å². The molecular formula is C10H12N2O3. The minimum absolute atomic E-state index is 0.0341. The van der Waals surface area contributed by atoms with Crippen LogP contribution in [0.4, 0.5) is 0 Å². The summed E-state index contributed by atoms with van der Waals surface area (Å²) in [4.78, 5) is 16.5. The third-order valence-electron chi connectivity index (χ3n) is 2.42. The molecular weight excluding hydrogens is 196 g/mol. The van der Waals surface area contributed by atoms with E-state index in [0.717, 1.165) is 0 Å². The molecule has 0 aromatic heterocycles. The lowest BCUT2D eigenvalue weighted by Crippen LogP contribution is -2.44. The monoisotopic (exact) mass is 208 g/mol. The normalized spacial score (nSPS) is 21.2. The number of aliphatic hydroxyl groups excluding tert-OH is 1. The highest BCUT2D eigenvalue weighted by atomic mass is 16.7. The van der Waals surface area contributed by atoms with E-state index in [-0.39, 0.29) is 12.5 Å². The van der Waals surface area contributed by atoms with Gasteiger partial charge in [0.1, 0.15) is 0 Å². The average Bonchev–Trinajstić information content (AvgIpc) is 2.28. The van der Waals surface area contributed by atoms with Crippen LogP contribution >= 0.6 is 0 Å². The van der Waals surface area contributed by atoms with E-state index >= 15 is 0 Å². The first-order valence-electron chi connectivity index (χ1n) is 4.68. The molecule has 1 heterocycles. The van der Waals surface area contributed by atoms with Crippen LogP contribution in [0.25, 0.3) is 0 Å². The van der Waals surface area contributed by atoms with Gasteiger partial charge in [-0.15, -0.1) is 0 Å². The Labute approximate surface area is 86.8 Å². The first-order valence-corrected chi connectivity index (χ1v) is 4.68. The Bertz CT molecular complexity index is 381. The number of para-hydroxylation sites is 1. The van der Waals surface area contributed by atoms with Crippen LogP contribution in [-0.2, 0) is 4.79 Å². The van der Waals surface area contributed by atoms with E-state index in [2.05, 4.69) is 5.48 Å².